The van der Waals surface area contributed by atoms with Gasteiger partial charge < -0.3 is 10.1 Å². The lowest BCUT2D eigenvalue weighted by molar-refractivity contribution is -0.142. The largest absolute Gasteiger partial charge is 0.466 e. The molecular weight excluding hydrogens is 340 g/mol. The summed E-state index contributed by atoms with van der Waals surface area (Å²) in [5.74, 6) is -0.249. The van der Waals surface area contributed by atoms with Crippen LogP contribution in [0.5, 0.6) is 0 Å². The van der Waals surface area contributed by atoms with Crippen LogP contribution < -0.4 is 5.32 Å². The average molecular weight is 355 g/mol. The number of ether oxygens (including phenoxy) is 1. The minimum absolute atomic E-state index is 0.209. The summed E-state index contributed by atoms with van der Waals surface area (Å²) in [6.07, 6.45) is 0.209. The molecule has 0 aliphatic carbocycles. The Morgan fingerprint density at radius 2 is 2.30 bits per heavy atom. The lowest BCUT2D eigenvalue weighted by Gasteiger charge is -2.06. The number of aryl methyl sites for hydroxylation is 1. The van der Waals surface area contributed by atoms with E-state index >= 15 is 0 Å². The van der Waals surface area contributed by atoms with Crippen molar-refractivity contribution in [2.75, 3.05) is 11.9 Å². The Balaban J connectivity index is 2.04. The van der Waals surface area contributed by atoms with Crippen molar-refractivity contribution < 1.29 is 9.53 Å². The lowest BCUT2D eigenvalue weighted by Crippen LogP contribution is -2.07. The zero-order valence-electron chi connectivity index (χ0n) is 11.3. The van der Waals surface area contributed by atoms with Crippen LogP contribution in [-0.4, -0.2) is 17.6 Å². The van der Waals surface area contributed by atoms with Crippen LogP contribution in [0.25, 0.3) is 0 Å². The number of hydrogen-bond acceptors (Lipinski definition) is 5. The number of aromatic nitrogens is 1. The first kappa shape index (κ1) is 15.0. The summed E-state index contributed by atoms with van der Waals surface area (Å²) < 4.78 is 5.89. The van der Waals surface area contributed by atoms with Gasteiger partial charge in [-0.15, -0.1) is 11.3 Å². The Bertz CT molecular complexity index is 613. The van der Waals surface area contributed by atoms with Crippen molar-refractivity contribution in [3.63, 3.8) is 0 Å². The maximum Gasteiger partial charge on any atom is 0.311 e. The number of anilines is 2. The van der Waals surface area contributed by atoms with Gasteiger partial charge in [0, 0.05) is 9.85 Å². The summed E-state index contributed by atoms with van der Waals surface area (Å²) in [6.45, 7) is 4.22. The van der Waals surface area contributed by atoms with Crippen LogP contribution in [0.4, 0.5) is 10.8 Å². The molecule has 0 radical (unpaired) electrons. The first-order valence-electron chi connectivity index (χ1n) is 6.21. The van der Waals surface area contributed by atoms with E-state index in [-0.39, 0.29) is 12.4 Å². The second-order valence-electron chi connectivity index (χ2n) is 4.23. The summed E-state index contributed by atoms with van der Waals surface area (Å²) >= 11 is 4.98. The van der Waals surface area contributed by atoms with Crippen LogP contribution in [0.3, 0.4) is 0 Å². The molecule has 0 aliphatic rings. The molecular formula is C14H15BrN2O2S. The molecule has 1 heterocycles. The highest BCUT2D eigenvalue weighted by molar-refractivity contribution is 9.10. The molecule has 2 rings (SSSR count). The molecule has 6 heteroatoms. The van der Waals surface area contributed by atoms with Crippen LogP contribution in [0.1, 0.15) is 18.2 Å². The highest BCUT2D eigenvalue weighted by atomic mass is 79.9. The van der Waals surface area contributed by atoms with E-state index in [1.165, 1.54) is 16.9 Å². The highest BCUT2D eigenvalue weighted by Crippen LogP contribution is 2.28. The van der Waals surface area contributed by atoms with Crippen LogP contribution in [0, 0.1) is 6.92 Å². The van der Waals surface area contributed by atoms with Gasteiger partial charge in [0.05, 0.1) is 24.4 Å². The first-order chi connectivity index (χ1) is 9.58. The van der Waals surface area contributed by atoms with E-state index < -0.39 is 0 Å². The Kier molecular flexibility index (Phi) is 5.14. The van der Waals surface area contributed by atoms with Gasteiger partial charge in [-0.25, -0.2) is 4.98 Å². The standard InChI is InChI=1S/C14H15BrN2O2S/c1-3-19-13(18)7-10-8-20-14(16-10)17-12-5-4-9(2)6-11(12)15/h4-6,8H,3,7H2,1-2H3,(H,16,17). The number of nitrogens with zero attached hydrogens (tertiary/aromatic N) is 1. The molecule has 0 amide bonds. The van der Waals surface area contributed by atoms with Crippen molar-refractivity contribution in [2.45, 2.75) is 20.3 Å². The third-order valence-corrected chi connectivity index (χ3v) is 4.01. The number of rotatable bonds is 5. The zero-order chi connectivity index (χ0) is 14.5. The number of carbonyl (C=O) groups excluding carboxylic acids is 1. The number of carbonyl (C=O) groups is 1. The molecule has 0 aliphatic heterocycles. The molecule has 0 unspecified atom stereocenters. The zero-order valence-corrected chi connectivity index (χ0v) is 13.7. The van der Waals surface area contributed by atoms with Crippen molar-refractivity contribution >= 4 is 44.1 Å². The summed E-state index contributed by atoms with van der Waals surface area (Å²) in [6, 6.07) is 6.06. The SMILES string of the molecule is CCOC(=O)Cc1csc(Nc2ccc(C)cc2Br)n1. The van der Waals surface area contributed by atoms with Crippen LogP contribution in [-0.2, 0) is 16.0 Å². The quantitative estimate of drug-likeness (QED) is 0.822. The topological polar surface area (TPSA) is 51.2 Å². The predicted octanol–water partition coefficient (Wildman–Crippen LogP) is 4.06. The molecule has 1 aromatic carbocycles. The van der Waals surface area contributed by atoms with Gasteiger partial charge in [0.1, 0.15) is 0 Å². The molecule has 0 bridgehead atoms. The van der Waals surface area contributed by atoms with Gasteiger partial charge in [-0.1, -0.05) is 6.07 Å². The third-order valence-electron chi connectivity index (χ3n) is 2.55. The normalized spacial score (nSPS) is 10.3. The average Bonchev–Trinajstić information content (AvgIpc) is 2.80. The van der Waals surface area contributed by atoms with Crippen molar-refractivity contribution in [3.05, 3.63) is 39.3 Å². The summed E-state index contributed by atoms with van der Waals surface area (Å²) in [5, 5.41) is 5.85. The summed E-state index contributed by atoms with van der Waals surface area (Å²) in [4.78, 5) is 15.8. The number of nitrogens with one attached hydrogen (secondary N) is 1. The van der Waals surface area contributed by atoms with Gasteiger partial charge in [-0.2, -0.15) is 0 Å². The fourth-order valence-corrected chi connectivity index (χ4v) is 2.96. The summed E-state index contributed by atoms with van der Waals surface area (Å²) in [5.41, 5.74) is 2.86. The van der Waals surface area contributed by atoms with E-state index in [1.807, 2.05) is 30.5 Å². The maximum absolute atomic E-state index is 11.4. The van der Waals surface area contributed by atoms with E-state index in [2.05, 4.69) is 26.2 Å². The fourth-order valence-electron chi connectivity index (χ4n) is 1.64. The van der Waals surface area contributed by atoms with Gasteiger partial charge in [0.25, 0.3) is 0 Å². The van der Waals surface area contributed by atoms with E-state index in [1.54, 1.807) is 6.92 Å². The van der Waals surface area contributed by atoms with Gasteiger partial charge in [0.2, 0.25) is 0 Å². The van der Waals surface area contributed by atoms with E-state index in [0.29, 0.717) is 6.61 Å². The Labute approximate surface area is 130 Å². The monoisotopic (exact) mass is 354 g/mol. The van der Waals surface area contributed by atoms with Crippen molar-refractivity contribution in [3.8, 4) is 0 Å². The van der Waals surface area contributed by atoms with Crippen molar-refractivity contribution in [1.29, 1.82) is 0 Å². The second-order valence-corrected chi connectivity index (χ2v) is 5.95. The Morgan fingerprint density at radius 3 is 3.00 bits per heavy atom. The minimum Gasteiger partial charge on any atom is -0.466 e. The first-order valence-corrected chi connectivity index (χ1v) is 7.89. The third kappa shape index (κ3) is 4.05. The van der Waals surface area contributed by atoms with E-state index in [4.69, 9.17) is 4.74 Å². The van der Waals surface area contributed by atoms with E-state index in [0.717, 1.165) is 21.0 Å². The van der Waals surface area contributed by atoms with E-state index in [9.17, 15) is 4.79 Å². The lowest BCUT2D eigenvalue weighted by atomic mass is 10.2. The fraction of sp³-hybridized carbons (Fsp3) is 0.286. The number of halogens is 1. The molecule has 2 aromatic rings. The molecule has 0 fully saturated rings. The number of hydrogen-bond donors (Lipinski definition) is 1. The molecule has 0 spiro atoms. The Hall–Kier alpha value is -1.40. The minimum atomic E-state index is -0.249. The van der Waals surface area contributed by atoms with Crippen molar-refractivity contribution in [2.24, 2.45) is 0 Å². The highest BCUT2D eigenvalue weighted by Gasteiger charge is 2.09. The molecule has 0 saturated heterocycles. The van der Waals surface area contributed by atoms with Gasteiger partial charge in [0.15, 0.2) is 5.13 Å². The van der Waals surface area contributed by atoms with Gasteiger partial charge >= 0.3 is 5.97 Å². The molecule has 20 heavy (non-hydrogen) atoms. The number of thiazole rings is 1. The predicted molar refractivity (Wildman–Crippen MR) is 84.6 cm³/mol. The number of benzene rings is 1. The molecule has 106 valence electrons. The molecule has 0 saturated carbocycles. The second kappa shape index (κ2) is 6.85. The maximum atomic E-state index is 11.4. The van der Waals surface area contributed by atoms with Gasteiger partial charge in [-0.05, 0) is 47.5 Å². The molecule has 4 nitrogen and oxygen atoms in total. The summed E-state index contributed by atoms with van der Waals surface area (Å²) in [7, 11) is 0. The van der Waals surface area contributed by atoms with Crippen LogP contribution >= 0.6 is 27.3 Å². The smallest absolute Gasteiger partial charge is 0.311 e. The molecule has 1 N–H and O–H groups in total. The van der Waals surface area contributed by atoms with Gasteiger partial charge in [-0.3, -0.25) is 4.79 Å². The van der Waals surface area contributed by atoms with Crippen LogP contribution in [0.15, 0.2) is 28.1 Å². The van der Waals surface area contributed by atoms with Crippen LogP contribution in [0.2, 0.25) is 0 Å². The Morgan fingerprint density at radius 1 is 1.50 bits per heavy atom. The van der Waals surface area contributed by atoms with Crippen molar-refractivity contribution in [1.82, 2.24) is 4.98 Å². The molecule has 1 aromatic heterocycles. The number of esters is 1. The molecule has 0 atom stereocenters.